The fourth-order valence-electron chi connectivity index (χ4n) is 0.758. The smallest absolute Gasteiger partial charge is 0.288 e. The van der Waals surface area contributed by atoms with Gasteiger partial charge in [0, 0.05) is 0 Å². The molecule has 0 saturated heterocycles. The van der Waals surface area contributed by atoms with Gasteiger partial charge in [0.2, 0.25) is 0 Å². The largest absolute Gasteiger partial charge is 0.297 e. The Morgan fingerprint density at radius 2 is 2.21 bits per heavy atom. The normalized spacial score (nSPS) is 12.6. The van der Waals surface area contributed by atoms with Crippen LogP contribution in [0.25, 0.3) is 0 Å². The van der Waals surface area contributed by atoms with Crippen molar-refractivity contribution in [1.29, 1.82) is 0 Å². The van der Waals surface area contributed by atoms with Crippen LogP contribution in [-0.4, -0.2) is 15.6 Å². The Balaban J connectivity index is 3.32. The van der Waals surface area contributed by atoms with E-state index in [2.05, 4.69) is 21.0 Å². The van der Waals surface area contributed by atoms with Crippen LogP contribution in [0.2, 0.25) is 10.0 Å². The van der Waals surface area contributed by atoms with Gasteiger partial charge in [0.1, 0.15) is 5.02 Å². The average Bonchev–Trinajstić information content (AvgIpc) is 2.13. The first kappa shape index (κ1) is 11.7. The Bertz CT molecular complexity index is 432. The number of ketones is 1. The average molecular weight is 300 g/mol. The van der Waals surface area contributed by atoms with Gasteiger partial charge in [0.05, 0.1) is 11.2 Å². The van der Waals surface area contributed by atoms with Crippen LogP contribution in [0.1, 0.15) is 11.9 Å². The van der Waals surface area contributed by atoms with Crippen LogP contribution in [0.15, 0.2) is 11.0 Å². The number of nitrogens with zero attached hydrogens (tertiary/aromatic N) is 2. The number of carbonyl (C=O) groups is 1. The van der Waals surface area contributed by atoms with Crippen LogP contribution >= 0.6 is 39.1 Å². The molecule has 0 amide bonds. The molecule has 1 atom stereocenters. The standard InChI is InChI=1S/C7H5BrCl2N2O2/c1-3(13)6(8)12-7(14)5(10)4(9)2-11-12/h2,6H,1H3. The minimum Gasteiger partial charge on any atom is -0.297 e. The van der Waals surface area contributed by atoms with Gasteiger partial charge in [-0.1, -0.05) is 39.1 Å². The van der Waals surface area contributed by atoms with E-state index in [1.165, 1.54) is 13.1 Å². The number of rotatable bonds is 2. The zero-order valence-corrected chi connectivity index (χ0v) is 10.1. The molecule has 0 aliphatic carbocycles. The van der Waals surface area contributed by atoms with Gasteiger partial charge >= 0.3 is 0 Å². The molecule has 1 aromatic heterocycles. The molecule has 1 unspecified atom stereocenters. The van der Waals surface area contributed by atoms with Crippen molar-refractivity contribution in [1.82, 2.24) is 9.78 Å². The van der Waals surface area contributed by atoms with E-state index in [0.29, 0.717) is 0 Å². The van der Waals surface area contributed by atoms with E-state index in [0.717, 1.165) is 4.68 Å². The zero-order valence-electron chi connectivity index (χ0n) is 7.00. The summed E-state index contributed by atoms with van der Waals surface area (Å²) in [5.74, 6) is -0.252. The molecule has 7 heteroatoms. The minimum absolute atomic E-state index is 0.0659. The molecular weight excluding hydrogens is 295 g/mol. The molecular formula is C7H5BrCl2N2O2. The Morgan fingerprint density at radius 1 is 1.64 bits per heavy atom. The van der Waals surface area contributed by atoms with E-state index in [1.807, 2.05) is 0 Å². The molecule has 0 aromatic carbocycles. The van der Waals surface area contributed by atoms with Crippen LogP contribution in [0.4, 0.5) is 0 Å². The summed E-state index contributed by atoms with van der Waals surface area (Å²) in [4.78, 5) is 21.6. The van der Waals surface area contributed by atoms with E-state index < -0.39 is 10.5 Å². The number of hydrogen-bond donors (Lipinski definition) is 0. The third-order valence-electron chi connectivity index (χ3n) is 1.45. The van der Waals surface area contributed by atoms with Crippen molar-refractivity contribution in [2.45, 2.75) is 11.9 Å². The Labute approximate surface area is 97.9 Å². The lowest BCUT2D eigenvalue weighted by molar-refractivity contribution is -0.117. The molecule has 0 saturated carbocycles. The van der Waals surface area contributed by atoms with Crippen molar-refractivity contribution in [3.05, 3.63) is 26.6 Å². The third kappa shape index (κ3) is 2.16. The lowest BCUT2D eigenvalue weighted by atomic mass is 10.4. The van der Waals surface area contributed by atoms with Crippen LogP contribution in [0, 0.1) is 0 Å². The van der Waals surface area contributed by atoms with Crippen LogP contribution in [0.3, 0.4) is 0 Å². The van der Waals surface area contributed by atoms with Crippen molar-refractivity contribution in [2.75, 3.05) is 0 Å². The van der Waals surface area contributed by atoms with Gasteiger partial charge < -0.3 is 0 Å². The van der Waals surface area contributed by atoms with Crippen molar-refractivity contribution >= 4 is 44.9 Å². The van der Waals surface area contributed by atoms with Crippen LogP contribution in [-0.2, 0) is 4.79 Å². The highest BCUT2D eigenvalue weighted by Crippen LogP contribution is 2.18. The second-order valence-electron chi connectivity index (χ2n) is 2.50. The molecule has 4 nitrogen and oxygen atoms in total. The molecule has 0 aliphatic rings. The van der Waals surface area contributed by atoms with Crippen molar-refractivity contribution < 1.29 is 4.79 Å². The molecule has 0 spiro atoms. The predicted molar refractivity (Wildman–Crippen MR) is 57.2 cm³/mol. The first-order chi connectivity index (χ1) is 6.45. The molecule has 0 aliphatic heterocycles. The lowest BCUT2D eigenvalue weighted by Gasteiger charge is -2.08. The second-order valence-corrected chi connectivity index (χ2v) is 4.16. The Kier molecular flexibility index (Phi) is 3.69. The molecule has 1 aromatic rings. The molecule has 14 heavy (non-hydrogen) atoms. The van der Waals surface area contributed by atoms with Gasteiger partial charge in [-0.2, -0.15) is 5.10 Å². The van der Waals surface area contributed by atoms with E-state index in [4.69, 9.17) is 23.2 Å². The maximum Gasteiger partial charge on any atom is 0.288 e. The molecule has 1 rings (SSSR count). The Morgan fingerprint density at radius 3 is 2.71 bits per heavy atom. The maximum atomic E-state index is 11.4. The number of hydrogen-bond acceptors (Lipinski definition) is 3. The number of carbonyl (C=O) groups excluding carboxylic acids is 1. The first-order valence-electron chi connectivity index (χ1n) is 3.52. The molecule has 76 valence electrons. The summed E-state index contributed by atoms with van der Waals surface area (Å²) in [6.07, 6.45) is 1.21. The lowest BCUT2D eigenvalue weighted by Crippen LogP contribution is -2.28. The quantitative estimate of drug-likeness (QED) is 0.785. The summed E-state index contributed by atoms with van der Waals surface area (Å²) in [5.41, 5.74) is -0.601. The summed E-state index contributed by atoms with van der Waals surface area (Å²) in [5, 5.41) is 3.60. The summed E-state index contributed by atoms with van der Waals surface area (Å²) in [7, 11) is 0. The number of aromatic nitrogens is 2. The number of alkyl halides is 1. The summed E-state index contributed by atoms with van der Waals surface area (Å²) in [6.45, 7) is 1.33. The molecule has 0 bridgehead atoms. The van der Waals surface area contributed by atoms with E-state index in [1.54, 1.807) is 0 Å². The number of halogens is 3. The fourth-order valence-corrected chi connectivity index (χ4v) is 1.31. The molecule has 0 N–H and O–H groups in total. The second kappa shape index (κ2) is 4.42. The van der Waals surface area contributed by atoms with Crippen molar-refractivity contribution in [2.24, 2.45) is 0 Å². The minimum atomic E-state index is -0.815. The van der Waals surface area contributed by atoms with Crippen LogP contribution < -0.4 is 5.56 Å². The fraction of sp³-hybridized carbons (Fsp3) is 0.286. The third-order valence-corrected chi connectivity index (χ3v) is 3.23. The monoisotopic (exact) mass is 298 g/mol. The number of Topliss-reactive ketones (excluding diaryl/α,β-unsaturated/α-hetero) is 1. The van der Waals surface area contributed by atoms with Gasteiger partial charge in [-0.3, -0.25) is 9.59 Å². The molecule has 0 fully saturated rings. The van der Waals surface area contributed by atoms with Gasteiger partial charge in [-0.05, 0) is 6.92 Å². The highest BCUT2D eigenvalue weighted by atomic mass is 79.9. The predicted octanol–water partition coefficient (Wildman–Crippen LogP) is 2.03. The summed E-state index contributed by atoms with van der Waals surface area (Å²) < 4.78 is 0.927. The van der Waals surface area contributed by atoms with Gasteiger partial charge in [0.15, 0.2) is 10.7 Å². The highest BCUT2D eigenvalue weighted by molar-refractivity contribution is 9.09. The van der Waals surface area contributed by atoms with E-state index >= 15 is 0 Å². The van der Waals surface area contributed by atoms with Crippen molar-refractivity contribution in [3.8, 4) is 0 Å². The Hall–Kier alpha value is -0.390. The molecule has 1 heterocycles. The summed E-state index contributed by atoms with van der Waals surface area (Å²) in [6, 6.07) is 0. The zero-order chi connectivity index (χ0) is 10.9. The van der Waals surface area contributed by atoms with Crippen LogP contribution in [0.5, 0.6) is 0 Å². The van der Waals surface area contributed by atoms with E-state index in [-0.39, 0.29) is 15.8 Å². The SMILES string of the molecule is CC(=O)C(Br)n1ncc(Cl)c(Cl)c1=O. The van der Waals surface area contributed by atoms with Gasteiger partial charge in [-0.25, -0.2) is 4.68 Å². The van der Waals surface area contributed by atoms with Gasteiger partial charge in [-0.15, -0.1) is 0 Å². The molecule has 0 radical (unpaired) electrons. The van der Waals surface area contributed by atoms with E-state index in [9.17, 15) is 9.59 Å². The summed E-state index contributed by atoms with van der Waals surface area (Å²) >= 11 is 14.2. The maximum absolute atomic E-state index is 11.4. The van der Waals surface area contributed by atoms with Gasteiger partial charge in [0.25, 0.3) is 5.56 Å². The first-order valence-corrected chi connectivity index (χ1v) is 5.19. The topological polar surface area (TPSA) is 52.0 Å². The van der Waals surface area contributed by atoms with Crippen molar-refractivity contribution in [3.63, 3.8) is 0 Å². The highest BCUT2D eigenvalue weighted by Gasteiger charge is 2.17.